The molecule has 6 nitrogen and oxygen atoms in total. The van der Waals surface area contributed by atoms with Gasteiger partial charge >= 0.3 is 6.61 Å². The van der Waals surface area contributed by atoms with Gasteiger partial charge < -0.3 is 10.1 Å². The van der Waals surface area contributed by atoms with Gasteiger partial charge in [-0.1, -0.05) is 19.9 Å². The lowest BCUT2D eigenvalue weighted by molar-refractivity contribution is -0.0498. The molecule has 1 saturated heterocycles. The maximum Gasteiger partial charge on any atom is 0.387 e. The molecule has 9 heteroatoms. The number of ether oxygens (including phenoxy) is 1. The predicted molar refractivity (Wildman–Crippen MR) is 109 cm³/mol. The minimum Gasteiger partial charge on any atom is -0.435 e. The highest BCUT2D eigenvalue weighted by Gasteiger charge is 2.32. The summed E-state index contributed by atoms with van der Waals surface area (Å²) in [5, 5.41) is 2.62. The highest BCUT2D eigenvalue weighted by molar-refractivity contribution is 7.89. The fourth-order valence-corrected chi connectivity index (χ4v) is 5.40. The number of anilines is 1. The van der Waals surface area contributed by atoms with E-state index in [2.05, 4.69) is 10.1 Å². The Morgan fingerprint density at radius 2 is 1.73 bits per heavy atom. The van der Waals surface area contributed by atoms with Crippen molar-refractivity contribution in [3.63, 3.8) is 0 Å². The third-order valence-corrected chi connectivity index (χ3v) is 6.73. The van der Waals surface area contributed by atoms with Crippen LogP contribution in [-0.2, 0) is 10.0 Å². The molecule has 1 aliphatic heterocycles. The molecule has 1 heterocycles. The van der Waals surface area contributed by atoms with E-state index in [-0.39, 0.29) is 28.0 Å². The predicted octanol–water partition coefficient (Wildman–Crippen LogP) is 4.21. The largest absolute Gasteiger partial charge is 0.435 e. The van der Waals surface area contributed by atoms with E-state index < -0.39 is 22.5 Å². The average Bonchev–Trinajstić information content (AvgIpc) is 2.68. The third kappa shape index (κ3) is 5.34. The number of nitrogens with zero attached hydrogens (tertiary/aromatic N) is 1. The summed E-state index contributed by atoms with van der Waals surface area (Å²) in [6.45, 7) is 2.03. The number of halogens is 2. The highest BCUT2D eigenvalue weighted by atomic mass is 32.2. The van der Waals surface area contributed by atoms with Crippen LogP contribution in [0.15, 0.2) is 53.4 Å². The Labute approximate surface area is 174 Å². The first-order valence-electron chi connectivity index (χ1n) is 9.61. The molecule has 1 amide bonds. The zero-order valence-electron chi connectivity index (χ0n) is 16.7. The smallest absolute Gasteiger partial charge is 0.387 e. The second kappa shape index (κ2) is 9.09. The molecule has 0 saturated carbocycles. The second-order valence-corrected chi connectivity index (χ2v) is 9.59. The van der Waals surface area contributed by atoms with Crippen LogP contribution in [0.5, 0.6) is 5.75 Å². The molecule has 3 rings (SSSR count). The number of carbonyl (C=O) groups is 1. The van der Waals surface area contributed by atoms with E-state index in [4.69, 9.17) is 0 Å². The summed E-state index contributed by atoms with van der Waals surface area (Å²) in [6, 6.07) is 11.3. The molecule has 0 bridgehead atoms. The lowest BCUT2D eigenvalue weighted by Crippen LogP contribution is -2.42. The van der Waals surface area contributed by atoms with Gasteiger partial charge in [0, 0.05) is 24.3 Å². The van der Waals surface area contributed by atoms with E-state index in [0.29, 0.717) is 18.8 Å². The number of amides is 1. The second-order valence-electron chi connectivity index (χ2n) is 7.65. The summed E-state index contributed by atoms with van der Waals surface area (Å²) >= 11 is 0. The summed E-state index contributed by atoms with van der Waals surface area (Å²) in [4.78, 5) is 12.6. The van der Waals surface area contributed by atoms with Gasteiger partial charge in [-0.3, -0.25) is 4.79 Å². The van der Waals surface area contributed by atoms with E-state index >= 15 is 0 Å². The molecule has 0 aromatic heterocycles. The maximum absolute atomic E-state index is 13.1. The minimum absolute atomic E-state index is 0.0268. The van der Waals surface area contributed by atoms with Crippen LogP contribution in [0.1, 0.15) is 30.6 Å². The van der Waals surface area contributed by atoms with Gasteiger partial charge in [0.15, 0.2) is 0 Å². The number of benzene rings is 2. The number of piperidine rings is 1. The fourth-order valence-electron chi connectivity index (χ4n) is 3.67. The van der Waals surface area contributed by atoms with Crippen molar-refractivity contribution < 1.29 is 26.7 Å². The zero-order chi connectivity index (χ0) is 21.9. The van der Waals surface area contributed by atoms with Crippen LogP contribution < -0.4 is 10.1 Å². The van der Waals surface area contributed by atoms with Gasteiger partial charge in [-0.15, -0.1) is 0 Å². The molecule has 2 atom stereocenters. The SMILES string of the molecule is C[C@@H]1C[C@H](C)CN(S(=O)(=O)c2cccc(C(=O)Nc3ccc(OC(F)F)cc3)c2)C1. The van der Waals surface area contributed by atoms with Crippen molar-refractivity contribution in [1.82, 2.24) is 4.31 Å². The molecule has 0 unspecified atom stereocenters. The van der Waals surface area contributed by atoms with E-state index in [1.54, 1.807) is 0 Å². The van der Waals surface area contributed by atoms with E-state index in [1.165, 1.54) is 52.8 Å². The van der Waals surface area contributed by atoms with E-state index in [0.717, 1.165) is 6.42 Å². The van der Waals surface area contributed by atoms with Crippen LogP contribution in [0, 0.1) is 11.8 Å². The Morgan fingerprint density at radius 3 is 2.33 bits per heavy atom. The number of rotatable bonds is 6. The summed E-state index contributed by atoms with van der Waals surface area (Å²) in [5.74, 6) is 0.00935. The third-order valence-electron chi connectivity index (χ3n) is 4.91. The molecule has 0 aliphatic carbocycles. The van der Waals surface area contributed by atoms with Crippen LogP contribution >= 0.6 is 0 Å². The first-order chi connectivity index (χ1) is 14.1. The zero-order valence-corrected chi connectivity index (χ0v) is 17.5. The van der Waals surface area contributed by atoms with Gasteiger partial charge in [-0.25, -0.2) is 8.42 Å². The molecule has 0 radical (unpaired) electrons. The molecular weight excluding hydrogens is 414 g/mol. The van der Waals surface area contributed by atoms with Crippen molar-refractivity contribution in [2.75, 3.05) is 18.4 Å². The molecule has 0 spiro atoms. The number of hydrogen-bond acceptors (Lipinski definition) is 4. The van der Waals surface area contributed by atoms with Gasteiger partial charge in [-0.2, -0.15) is 13.1 Å². The minimum atomic E-state index is -3.71. The van der Waals surface area contributed by atoms with Gasteiger partial charge in [0.05, 0.1) is 4.90 Å². The molecule has 1 fully saturated rings. The van der Waals surface area contributed by atoms with E-state index in [9.17, 15) is 22.0 Å². The van der Waals surface area contributed by atoms with Crippen LogP contribution in [0.25, 0.3) is 0 Å². The van der Waals surface area contributed by atoms with Crippen LogP contribution in [0.3, 0.4) is 0 Å². The highest BCUT2D eigenvalue weighted by Crippen LogP contribution is 2.27. The standard InChI is InChI=1S/C21H24F2N2O4S/c1-14-10-15(2)13-25(12-14)30(27,28)19-5-3-4-16(11-19)20(26)24-17-6-8-18(9-7-17)29-21(22)23/h3-9,11,14-15,21H,10,12-13H2,1-2H3,(H,24,26)/t14-,15+. The number of hydrogen-bond donors (Lipinski definition) is 1. The Bertz CT molecular complexity index is 986. The lowest BCUT2D eigenvalue weighted by Gasteiger charge is -2.34. The number of sulfonamides is 1. The number of alkyl halides is 2. The first-order valence-corrected chi connectivity index (χ1v) is 11.1. The van der Waals surface area contributed by atoms with Crippen molar-refractivity contribution in [2.45, 2.75) is 31.8 Å². The Hall–Kier alpha value is -2.52. The number of nitrogens with one attached hydrogen (secondary N) is 1. The molecule has 2 aromatic carbocycles. The average molecular weight is 438 g/mol. The van der Waals surface area contributed by atoms with Crippen molar-refractivity contribution in [3.05, 3.63) is 54.1 Å². The van der Waals surface area contributed by atoms with Crippen molar-refractivity contribution in [1.29, 1.82) is 0 Å². The Morgan fingerprint density at radius 1 is 1.10 bits per heavy atom. The van der Waals surface area contributed by atoms with Gasteiger partial charge in [0.1, 0.15) is 5.75 Å². The fraction of sp³-hybridized carbons (Fsp3) is 0.381. The van der Waals surface area contributed by atoms with Crippen LogP contribution in [-0.4, -0.2) is 38.3 Å². The van der Waals surface area contributed by atoms with Crippen LogP contribution in [0.2, 0.25) is 0 Å². The molecule has 1 aliphatic rings. The summed E-state index contributed by atoms with van der Waals surface area (Å²) in [7, 11) is -3.71. The lowest BCUT2D eigenvalue weighted by atomic mass is 9.94. The summed E-state index contributed by atoms with van der Waals surface area (Å²) in [6.07, 6.45) is 0.982. The molecule has 30 heavy (non-hydrogen) atoms. The summed E-state index contributed by atoms with van der Waals surface area (Å²) < 4.78 is 56.3. The quantitative estimate of drug-likeness (QED) is 0.733. The van der Waals surface area contributed by atoms with Crippen LogP contribution in [0.4, 0.5) is 14.5 Å². The monoisotopic (exact) mass is 438 g/mol. The molecule has 2 aromatic rings. The van der Waals surface area contributed by atoms with Gasteiger partial charge in [0.2, 0.25) is 10.0 Å². The Balaban J connectivity index is 1.75. The Kier molecular flexibility index (Phi) is 6.72. The summed E-state index contributed by atoms with van der Waals surface area (Å²) in [5.41, 5.74) is 0.552. The van der Waals surface area contributed by atoms with Gasteiger partial charge in [-0.05, 0) is 60.7 Å². The molecular formula is C21H24F2N2O4S. The topological polar surface area (TPSA) is 75.7 Å². The normalized spacial score (nSPS) is 20.2. The first kappa shape index (κ1) is 22.2. The molecule has 1 N–H and O–H groups in total. The van der Waals surface area contributed by atoms with Crippen molar-refractivity contribution in [2.24, 2.45) is 11.8 Å². The van der Waals surface area contributed by atoms with Crippen molar-refractivity contribution in [3.8, 4) is 5.75 Å². The van der Waals surface area contributed by atoms with E-state index in [1.807, 2.05) is 13.8 Å². The number of carbonyl (C=O) groups excluding carboxylic acids is 1. The van der Waals surface area contributed by atoms with Gasteiger partial charge in [0.25, 0.3) is 5.91 Å². The molecule has 162 valence electrons. The maximum atomic E-state index is 13.1. The van der Waals surface area contributed by atoms with Crippen molar-refractivity contribution >= 4 is 21.6 Å².